The van der Waals surface area contributed by atoms with Crippen molar-refractivity contribution >= 4 is 47.6 Å². The molecule has 0 bridgehead atoms. The Morgan fingerprint density at radius 3 is 2.80 bits per heavy atom. The van der Waals surface area contributed by atoms with Crippen molar-refractivity contribution in [2.45, 2.75) is 32.7 Å². The van der Waals surface area contributed by atoms with Gasteiger partial charge in [0, 0.05) is 37.8 Å². The number of nitrogens with zero attached hydrogens (tertiary/aromatic N) is 2. The first-order chi connectivity index (χ1) is 9.21. The van der Waals surface area contributed by atoms with Gasteiger partial charge in [0.2, 0.25) is 5.91 Å². The van der Waals surface area contributed by atoms with Gasteiger partial charge in [0.25, 0.3) is 0 Å². The molecule has 0 aromatic carbocycles. The molecule has 0 radical (unpaired) electrons. The predicted molar refractivity (Wildman–Crippen MR) is 98.2 cm³/mol. The maximum atomic E-state index is 11.6. The number of aliphatic imine (C=N–C) groups is 1. The number of amides is 1. The summed E-state index contributed by atoms with van der Waals surface area (Å²) < 4.78 is 0. The first-order valence-electron chi connectivity index (χ1n) is 7.02. The second kappa shape index (κ2) is 11.5. The van der Waals surface area contributed by atoms with Crippen molar-refractivity contribution in [2.75, 3.05) is 38.2 Å². The fourth-order valence-corrected chi connectivity index (χ4v) is 2.36. The molecule has 1 saturated heterocycles. The summed E-state index contributed by atoms with van der Waals surface area (Å²) in [6.07, 6.45) is 3.67. The van der Waals surface area contributed by atoms with Crippen LogP contribution in [0.2, 0.25) is 0 Å². The summed E-state index contributed by atoms with van der Waals surface area (Å²) in [5.41, 5.74) is 0. The first kappa shape index (κ1) is 19.8. The van der Waals surface area contributed by atoms with Crippen LogP contribution >= 0.6 is 35.7 Å². The van der Waals surface area contributed by atoms with Gasteiger partial charge in [-0.3, -0.25) is 9.79 Å². The Balaban J connectivity index is 0.00000361. The molecule has 0 spiro atoms. The van der Waals surface area contributed by atoms with Crippen molar-refractivity contribution in [2.24, 2.45) is 4.99 Å². The topological polar surface area (TPSA) is 56.7 Å². The van der Waals surface area contributed by atoms with Crippen LogP contribution in [-0.2, 0) is 4.79 Å². The number of halogens is 1. The Kier molecular flexibility index (Phi) is 11.4. The predicted octanol–water partition coefficient (Wildman–Crippen LogP) is 1.53. The third kappa shape index (κ3) is 7.01. The highest BCUT2D eigenvalue weighted by molar-refractivity contribution is 14.0. The van der Waals surface area contributed by atoms with Crippen molar-refractivity contribution in [3.05, 3.63) is 0 Å². The Morgan fingerprint density at radius 2 is 2.20 bits per heavy atom. The van der Waals surface area contributed by atoms with E-state index in [-0.39, 0.29) is 29.9 Å². The summed E-state index contributed by atoms with van der Waals surface area (Å²) >= 11 is 1.80. The molecular weight excluding hydrogens is 387 g/mol. The zero-order chi connectivity index (χ0) is 14.1. The fourth-order valence-electron chi connectivity index (χ4n) is 2.09. The third-order valence-corrected chi connectivity index (χ3v) is 3.68. The van der Waals surface area contributed by atoms with Crippen molar-refractivity contribution in [1.82, 2.24) is 15.5 Å². The molecule has 5 nitrogen and oxygen atoms in total. The number of nitrogens with one attached hydrogen (secondary N) is 2. The van der Waals surface area contributed by atoms with Gasteiger partial charge in [-0.05, 0) is 19.6 Å². The zero-order valence-electron chi connectivity index (χ0n) is 12.6. The summed E-state index contributed by atoms with van der Waals surface area (Å²) in [6, 6.07) is 0.322. The van der Waals surface area contributed by atoms with Gasteiger partial charge in [0.15, 0.2) is 5.96 Å². The molecule has 1 rings (SSSR count). The molecule has 1 atom stereocenters. The van der Waals surface area contributed by atoms with Crippen LogP contribution < -0.4 is 10.6 Å². The van der Waals surface area contributed by atoms with E-state index in [1.54, 1.807) is 11.8 Å². The molecule has 0 aromatic rings. The van der Waals surface area contributed by atoms with Crippen LogP contribution in [0.15, 0.2) is 4.99 Å². The van der Waals surface area contributed by atoms with Gasteiger partial charge in [-0.2, -0.15) is 11.8 Å². The highest BCUT2D eigenvalue weighted by Gasteiger charge is 2.25. The molecule has 20 heavy (non-hydrogen) atoms. The number of likely N-dealkylation sites (tertiary alicyclic amines) is 1. The fraction of sp³-hybridized carbons (Fsp3) is 0.846. The van der Waals surface area contributed by atoms with E-state index in [4.69, 9.17) is 0 Å². The van der Waals surface area contributed by atoms with Crippen LogP contribution in [0.5, 0.6) is 0 Å². The van der Waals surface area contributed by atoms with Crippen LogP contribution in [0.1, 0.15) is 26.7 Å². The lowest BCUT2D eigenvalue weighted by Gasteiger charge is -2.18. The maximum Gasteiger partial charge on any atom is 0.222 e. The molecule has 0 saturated carbocycles. The first-order valence-corrected chi connectivity index (χ1v) is 8.42. The molecule has 1 aliphatic rings. The van der Waals surface area contributed by atoms with Gasteiger partial charge in [0.05, 0.1) is 6.54 Å². The summed E-state index contributed by atoms with van der Waals surface area (Å²) in [6.45, 7) is 7.30. The second-order valence-corrected chi connectivity index (χ2v) is 5.56. The molecule has 0 aromatic heterocycles. The summed E-state index contributed by atoms with van der Waals surface area (Å²) in [5, 5.41) is 6.67. The average molecular weight is 414 g/mol. The largest absolute Gasteiger partial charge is 0.357 e. The quantitative estimate of drug-likeness (QED) is 0.300. The molecule has 1 unspecified atom stereocenters. The zero-order valence-corrected chi connectivity index (χ0v) is 15.8. The Morgan fingerprint density at radius 1 is 1.45 bits per heavy atom. The molecule has 1 heterocycles. The number of carbonyl (C=O) groups is 1. The van der Waals surface area contributed by atoms with Gasteiger partial charge >= 0.3 is 0 Å². The van der Waals surface area contributed by atoms with Gasteiger partial charge in [0.1, 0.15) is 0 Å². The molecule has 2 N–H and O–H groups in total. The van der Waals surface area contributed by atoms with E-state index in [1.165, 1.54) is 0 Å². The standard InChI is InChI=1S/C13H26N4OS.HI/c1-4-12(18)17-8-6-11(10-17)16-13(14-5-2)15-7-9-19-3;/h11H,4-10H2,1-3H3,(H2,14,15,16);1H. The minimum atomic E-state index is 0. The minimum absolute atomic E-state index is 0. The summed E-state index contributed by atoms with van der Waals surface area (Å²) in [7, 11) is 0. The lowest BCUT2D eigenvalue weighted by atomic mass is 10.3. The van der Waals surface area contributed by atoms with E-state index in [1.807, 2.05) is 11.8 Å². The molecular formula is C13H27IN4OS. The Hall–Kier alpha value is -0.180. The number of carbonyl (C=O) groups excluding carboxylic acids is 1. The van der Waals surface area contributed by atoms with Gasteiger partial charge in [-0.15, -0.1) is 24.0 Å². The van der Waals surface area contributed by atoms with E-state index in [9.17, 15) is 4.79 Å². The molecule has 118 valence electrons. The number of hydrogen-bond acceptors (Lipinski definition) is 3. The monoisotopic (exact) mass is 414 g/mol. The molecule has 1 fully saturated rings. The van der Waals surface area contributed by atoms with Crippen LogP contribution in [0.4, 0.5) is 0 Å². The number of hydrogen-bond donors (Lipinski definition) is 2. The van der Waals surface area contributed by atoms with Crippen LogP contribution in [0, 0.1) is 0 Å². The number of guanidine groups is 1. The van der Waals surface area contributed by atoms with Gasteiger partial charge < -0.3 is 15.5 Å². The maximum absolute atomic E-state index is 11.6. The minimum Gasteiger partial charge on any atom is -0.357 e. The number of thioether (sulfide) groups is 1. The van der Waals surface area contributed by atoms with E-state index < -0.39 is 0 Å². The summed E-state index contributed by atoms with van der Waals surface area (Å²) in [4.78, 5) is 18.1. The lowest BCUT2D eigenvalue weighted by molar-refractivity contribution is -0.129. The highest BCUT2D eigenvalue weighted by atomic mass is 127. The SMILES string of the molecule is CCNC(=NCCSC)NC1CCN(C(=O)CC)C1.I. The van der Waals surface area contributed by atoms with Gasteiger partial charge in [-0.1, -0.05) is 6.92 Å². The summed E-state index contributed by atoms with van der Waals surface area (Å²) in [5.74, 6) is 2.14. The Labute approximate surface area is 143 Å². The molecule has 1 amide bonds. The average Bonchev–Trinajstić information content (AvgIpc) is 2.87. The normalized spacial score (nSPS) is 18.6. The smallest absolute Gasteiger partial charge is 0.222 e. The van der Waals surface area contributed by atoms with Crippen molar-refractivity contribution in [1.29, 1.82) is 0 Å². The highest BCUT2D eigenvalue weighted by Crippen LogP contribution is 2.10. The second-order valence-electron chi connectivity index (χ2n) is 4.58. The number of rotatable bonds is 6. The molecule has 0 aliphatic carbocycles. The third-order valence-electron chi connectivity index (χ3n) is 3.09. The van der Waals surface area contributed by atoms with E-state index in [2.05, 4.69) is 28.8 Å². The van der Waals surface area contributed by atoms with E-state index >= 15 is 0 Å². The Bertz CT molecular complexity index is 315. The van der Waals surface area contributed by atoms with Crippen molar-refractivity contribution < 1.29 is 4.79 Å². The van der Waals surface area contributed by atoms with Gasteiger partial charge in [-0.25, -0.2) is 0 Å². The van der Waals surface area contributed by atoms with E-state index in [0.717, 1.165) is 44.3 Å². The van der Waals surface area contributed by atoms with E-state index in [0.29, 0.717) is 12.5 Å². The van der Waals surface area contributed by atoms with Crippen molar-refractivity contribution in [3.63, 3.8) is 0 Å². The molecule has 1 aliphatic heterocycles. The lowest BCUT2D eigenvalue weighted by Crippen LogP contribution is -2.45. The van der Waals surface area contributed by atoms with Crippen LogP contribution in [0.3, 0.4) is 0 Å². The van der Waals surface area contributed by atoms with Crippen molar-refractivity contribution in [3.8, 4) is 0 Å². The van der Waals surface area contributed by atoms with Crippen LogP contribution in [-0.4, -0.2) is 61.0 Å². The van der Waals surface area contributed by atoms with Crippen LogP contribution in [0.25, 0.3) is 0 Å². The molecule has 7 heteroatoms.